The molecule has 0 amide bonds. The van der Waals surface area contributed by atoms with Crippen molar-refractivity contribution in [2.45, 2.75) is 50.5 Å². The lowest BCUT2D eigenvalue weighted by atomic mass is 9.73. The Hall–Kier alpha value is -1.38. The van der Waals surface area contributed by atoms with Crippen molar-refractivity contribution < 1.29 is 4.74 Å². The number of morpholine rings is 1. The van der Waals surface area contributed by atoms with Crippen molar-refractivity contribution in [3.63, 3.8) is 0 Å². The van der Waals surface area contributed by atoms with E-state index in [1.807, 2.05) is 6.07 Å². The Bertz CT molecular complexity index is 580. The van der Waals surface area contributed by atoms with Gasteiger partial charge in [-0.2, -0.15) is 5.26 Å². The predicted octanol–water partition coefficient (Wildman–Crippen LogP) is 3.08. The number of halogens is 1. The molecule has 0 aromatic carbocycles. The highest BCUT2D eigenvalue weighted by atomic mass is 35.5. The molecule has 1 aliphatic heterocycles. The molecular weight excluding hydrogens is 300 g/mol. The number of rotatable bonds is 2. The van der Waals surface area contributed by atoms with Crippen molar-refractivity contribution in [1.82, 2.24) is 9.97 Å². The van der Waals surface area contributed by atoms with E-state index in [0.29, 0.717) is 13.2 Å². The van der Waals surface area contributed by atoms with Gasteiger partial charge < -0.3 is 9.64 Å². The van der Waals surface area contributed by atoms with Crippen LogP contribution in [0.4, 0.5) is 5.82 Å². The van der Waals surface area contributed by atoms with Crippen molar-refractivity contribution in [2.75, 3.05) is 24.7 Å². The summed E-state index contributed by atoms with van der Waals surface area (Å²) in [6.45, 7) is 4.26. The van der Waals surface area contributed by atoms with Gasteiger partial charge in [-0.3, -0.25) is 0 Å². The molecule has 1 aromatic rings. The highest BCUT2D eigenvalue weighted by Crippen LogP contribution is 2.39. The van der Waals surface area contributed by atoms with E-state index in [4.69, 9.17) is 16.3 Å². The third-order valence-corrected chi connectivity index (χ3v) is 4.93. The average molecular weight is 321 g/mol. The maximum Gasteiger partial charge on any atom is 0.224 e. The third-order valence-electron chi connectivity index (χ3n) is 4.76. The highest BCUT2D eigenvalue weighted by Gasteiger charge is 2.36. The largest absolute Gasteiger partial charge is 0.377 e. The maximum atomic E-state index is 9.75. The molecule has 3 rings (SSSR count). The second kappa shape index (κ2) is 6.39. The molecule has 2 fully saturated rings. The van der Waals surface area contributed by atoms with Crippen LogP contribution in [0.5, 0.6) is 0 Å². The van der Waals surface area contributed by atoms with E-state index in [0.717, 1.165) is 43.7 Å². The smallest absolute Gasteiger partial charge is 0.224 e. The van der Waals surface area contributed by atoms with Gasteiger partial charge in [-0.25, -0.2) is 9.97 Å². The van der Waals surface area contributed by atoms with Crippen LogP contribution in [0.2, 0.25) is 5.28 Å². The Kier molecular flexibility index (Phi) is 4.51. The number of hydrogen-bond donors (Lipinski definition) is 0. The van der Waals surface area contributed by atoms with E-state index >= 15 is 0 Å². The lowest BCUT2D eigenvalue weighted by molar-refractivity contribution is 0.0985. The Balaban J connectivity index is 1.97. The van der Waals surface area contributed by atoms with E-state index in [2.05, 4.69) is 27.9 Å². The van der Waals surface area contributed by atoms with E-state index < -0.39 is 5.41 Å². The molecular formula is C16H21ClN4O. The molecule has 118 valence electrons. The molecule has 0 bridgehead atoms. The molecule has 5 nitrogen and oxygen atoms in total. The van der Waals surface area contributed by atoms with Crippen LogP contribution >= 0.6 is 11.6 Å². The van der Waals surface area contributed by atoms with E-state index in [1.165, 1.54) is 6.42 Å². The summed E-state index contributed by atoms with van der Waals surface area (Å²) in [7, 11) is 0. The van der Waals surface area contributed by atoms with E-state index in [1.54, 1.807) is 0 Å². The van der Waals surface area contributed by atoms with Gasteiger partial charge in [0.05, 0.1) is 36.4 Å². The lowest BCUT2D eigenvalue weighted by Gasteiger charge is -2.35. The molecule has 0 spiro atoms. The molecule has 6 heteroatoms. The Morgan fingerprint density at radius 3 is 2.82 bits per heavy atom. The van der Waals surface area contributed by atoms with Crippen LogP contribution in [0, 0.1) is 11.3 Å². The van der Waals surface area contributed by atoms with Crippen LogP contribution in [0.25, 0.3) is 0 Å². The lowest BCUT2D eigenvalue weighted by Crippen LogP contribution is -2.44. The minimum absolute atomic E-state index is 0.228. The molecule has 1 aromatic heterocycles. The van der Waals surface area contributed by atoms with Crippen LogP contribution in [0.15, 0.2) is 6.07 Å². The summed E-state index contributed by atoms with van der Waals surface area (Å²) in [5.41, 5.74) is 0.276. The minimum Gasteiger partial charge on any atom is -0.377 e. The normalized spacial score (nSPS) is 24.8. The van der Waals surface area contributed by atoms with Crippen molar-refractivity contribution in [3.05, 3.63) is 17.0 Å². The van der Waals surface area contributed by atoms with Crippen LogP contribution < -0.4 is 4.90 Å². The first-order chi connectivity index (χ1) is 10.6. The molecule has 2 heterocycles. The van der Waals surface area contributed by atoms with Gasteiger partial charge in [0.15, 0.2) is 0 Å². The zero-order valence-corrected chi connectivity index (χ0v) is 13.6. The molecule has 1 atom stereocenters. The van der Waals surface area contributed by atoms with Crippen molar-refractivity contribution >= 4 is 17.4 Å². The van der Waals surface area contributed by atoms with E-state index in [-0.39, 0.29) is 11.3 Å². The molecule has 0 radical (unpaired) electrons. The van der Waals surface area contributed by atoms with Crippen LogP contribution in [0.1, 0.15) is 44.7 Å². The molecule has 0 unspecified atom stereocenters. The standard InChI is InChI=1S/C16H21ClN4O/c1-12-10-22-8-7-21(12)14-9-13(19-15(17)20-14)16(11-18)5-3-2-4-6-16/h9,12H,2-8,10H2,1H3/t12-/m1/s1. The average Bonchev–Trinajstić information content (AvgIpc) is 2.55. The zero-order chi connectivity index (χ0) is 15.6. The highest BCUT2D eigenvalue weighted by molar-refractivity contribution is 6.28. The second-order valence-electron chi connectivity index (χ2n) is 6.25. The zero-order valence-electron chi connectivity index (χ0n) is 12.9. The summed E-state index contributed by atoms with van der Waals surface area (Å²) in [4.78, 5) is 11.0. The number of ether oxygens (including phenoxy) is 1. The molecule has 0 N–H and O–H groups in total. The number of hydrogen-bond acceptors (Lipinski definition) is 5. The Labute approximate surface area is 136 Å². The number of nitrogens with zero attached hydrogens (tertiary/aromatic N) is 4. The molecule has 1 aliphatic carbocycles. The number of anilines is 1. The number of nitriles is 1. The van der Waals surface area contributed by atoms with Gasteiger partial charge in [-0.1, -0.05) is 19.3 Å². The first kappa shape index (κ1) is 15.5. The Morgan fingerprint density at radius 1 is 1.36 bits per heavy atom. The summed E-state index contributed by atoms with van der Waals surface area (Å²) in [5.74, 6) is 0.811. The van der Waals surface area contributed by atoms with Gasteiger partial charge in [-0.15, -0.1) is 0 Å². The molecule has 22 heavy (non-hydrogen) atoms. The van der Waals surface area contributed by atoms with Gasteiger partial charge in [0.1, 0.15) is 5.82 Å². The van der Waals surface area contributed by atoms with Gasteiger partial charge in [0.2, 0.25) is 5.28 Å². The summed E-state index contributed by atoms with van der Waals surface area (Å²) in [6, 6.07) is 4.72. The first-order valence-corrected chi connectivity index (χ1v) is 8.33. The monoisotopic (exact) mass is 320 g/mol. The summed E-state index contributed by atoms with van der Waals surface area (Å²) < 4.78 is 5.48. The maximum absolute atomic E-state index is 9.75. The van der Waals surface area contributed by atoms with Crippen molar-refractivity contribution in [3.8, 4) is 6.07 Å². The first-order valence-electron chi connectivity index (χ1n) is 7.95. The van der Waals surface area contributed by atoms with Gasteiger partial charge >= 0.3 is 0 Å². The fourth-order valence-corrected chi connectivity index (χ4v) is 3.62. The summed E-state index contributed by atoms with van der Waals surface area (Å²) in [5, 5.41) is 9.98. The SMILES string of the molecule is C[C@@H]1COCCN1c1cc(C2(C#N)CCCCC2)nc(Cl)n1. The molecule has 1 saturated heterocycles. The minimum atomic E-state index is -0.505. The van der Waals surface area contributed by atoms with Crippen LogP contribution in [-0.4, -0.2) is 35.8 Å². The van der Waals surface area contributed by atoms with Crippen molar-refractivity contribution in [2.24, 2.45) is 0 Å². The number of aromatic nitrogens is 2. The topological polar surface area (TPSA) is 62.0 Å². The summed E-state index contributed by atoms with van der Waals surface area (Å²) >= 11 is 6.17. The van der Waals surface area contributed by atoms with Gasteiger partial charge in [-0.05, 0) is 31.4 Å². The fourth-order valence-electron chi connectivity index (χ4n) is 3.45. The van der Waals surface area contributed by atoms with E-state index in [9.17, 15) is 5.26 Å². The van der Waals surface area contributed by atoms with Crippen LogP contribution in [0.3, 0.4) is 0 Å². The molecule has 2 aliphatic rings. The quantitative estimate of drug-likeness (QED) is 0.784. The third kappa shape index (κ3) is 2.90. The fraction of sp³-hybridized carbons (Fsp3) is 0.688. The molecule has 1 saturated carbocycles. The van der Waals surface area contributed by atoms with Crippen molar-refractivity contribution in [1.29, 1.82) is 5.26 Å². The Morgan fingerprint density at radius 2 is 2.14 bits per heavy atom. The van der Waals surface area contributed by atoms with Gasteiger partial charge in [0, 0.05) is 12.6 Å². The van der Waals surface area contributed by atoms with Crippen LogP contribution in [-0.2, 0) is 10.2 Å². The second-order valence-corrected chi connectivity index (χ2v) is 6.59. The summed E-state index contributed by atoms with van der Waals surface area (Å²) in [6.07, 6.45) is 5.04. The predicted molar refractivity (Wildman–Crippen MR) is 85.0 cm³/mol. The van der Waals surface area contributed by atoms with Gasteiger partial charge in [0.25, 0.3) is 0 Å².